The molecule has 2 N–H and O–H groups in total. The summed E-state index contributed by atoms with van der Waals surface area (Å²) in [5.74, 6) is 0.182. The van der Waals surface area contributed by atoms with Gasteiger partial charge in [-0.2, -0.15) is 0 Å². The van der Waals surface area contributed by atoms with Crippen molar-refractivity contribution in [3.05, 3.63) is 33.1 Å². The minimum Gasteiger partial charge on any atom is -0.374 e. The molecule has 1 aromatic rings. The summed E-state index contributed by atoms with van der Waals surface area (Å²) in [6.45, 7) is 8.82. The first-order valence-electron chi connectivity index (χ1n) is 9.04. The molecule has 10 nitrogen and oxygen atoms in total. The van der Waals surface area contributed by atoms with Crippen LogP contribution in [0.15, 0.2) is 21.9 Å². The van der Waals surface area contributed by atoms with Gasteiger partial charge in [0.2, 0.25) is 0 Å². The zero-order valence-corrected chi connectivity index (χ0v) is 17.8. The highest BCUT2D eigenvalue weighted by Gasteiger charge is 2.50. The number of phosphoric acid groups is 1. The topological polar surface area (TPSA) is 129 Å². The van der Waals surface area contributed by atoms with Crippen molar-refractivity contribution in [2.45, 2.75) is 71.2 Å². The Morgan fingerprint density at radius 1 is 1.32 bits per heavy atom. The highest BCUT2D eigenvalue weighted by molar-refractivity contribution is 7.47. The summed E-state index contributed by atoms with van der Waals surface area (Å²) < 4.78 is 35.8. The van der Waals surface area contributed by atoms with E-state index in [2.05, 4.69) is 4.98 Å². The van der Waals surface area contributed by atoms with Crippen molar-refractivity contribution < 1.29 is 28.0 Å². The maximum Gasteiger partial charge on any atom is 0.473 e. The van der Waals surface area contributed by atoms with Gasteiger partial charge in [0.15, 0.2) is 6.23 Å². The molecule has 1 aliphatic heterocycles. The SMILES string of the molecule is COC1C(OP(=O)(O)OC(C)(C)C)[C@@H](CC(C)C)O[C@H]1n1ccc(=O)[nH]c1=O. The number of aromatic nitrogens is 2. The van der Waals surface area contributed by atoms with Crippen LogP contribution in [0.4, 0.5) is 0 Å². The minimum atomic E-state index is -4.44. The zero-order chi connectivity index (χ0) is 21.3. The van der Waals surface area contributed by atoms with E-state index >= 15 is 0 Å². The Hall–Kier alpha value is -1.29. The van der Waals surface area contributed by atoms with Crippen molar-refractivity contribution in [3.63, 3.8) is 0 Å². The molecule has 0 aromatic carbocycles. The van der Waals surface area contributed by atoms with Gasteiger partial charge in [-0.3, -0.25) is 23.4 Å². The fourth-order valence-corrected chi connectivity index (χ4v) is 4.41. The molecule has 3 unspecified atom stereocenters. The molecule has 1 fully saturated rings. The second-order valence-corrected chi connectivity index (χ2v) is 9.49. The van der Waals surface area contributed by atoms with Gasteiger partial charge in [0.1, 0.15) is 12.2 Å². The summed E-state index contributed by atoms with van der Waals surface area (Å²) in [5, 5.41) is 0. The van der Waals surface area contributed by atoms with E-state index in [1.54, 1.807) is 20.8 Å². The van der Waals surface area contributed by atoms with Crippen molar-refractivity contribution >= 4 is 7.82 Å². The first-order chi connectivity index (χ1) is 12.8. The third kappa shape index (κ3) is 5.85. The third-order valence-corrected chi connectivity index (χ3v) is 5.32. The van der Waals surface area contributed by atoms with Gasteiger partial charge in [-0.05, 0) is 33.1 Å². The Balaban J connectivity index is 2.38. The standard InChI is InChI=1S/C17H29N2O8P/c1-10(2)9-11-13(26-28(22,23)27-17(3,4)5)14(24-6)15(25-11)19-8-7-12(20)18-16(19)21/h7-8,10-11,13-15H,9H2,1-6H3,(H,22,23)(H,18,20,21)/t11-,13?,14?,15-/m1/s1. The van der Waals surface area contributed by atoms with Gasteiger partial charge >= 0.3 is 13.5 Å². The van der Waals surface area contributed by atoms with Crippen molar-refractivity contribution in [2.24, 2.45) is 5.92 Å². The van der Waals surface area contributed by atoms with Gasteiger partial charge < -0.3 is 14.4 Å². The number of phosphoric ester groups is 1. The predicted octanol–water partition coefficient (Wildman–Crippen LogP) is 1.80. The van der Waals surface area contributed by atoms with Crippen LogP contribution in [0, 0.1) is 5.92 Å². The molecule has 5 atom stereocenters. The van der Waals surface area contributed by atoms with Crippen LogP contribution in [0.2, 0.25) is 0 Å². The van der Waals surface area contributed by atoms with E-state index in [4.69, 9.17) is 18.5 Å². The summed E-state index contributed by atoms with van der Waals surface area (Å²) in [4.78, 5) is 35.9. The van der Waals surface area contributed by atoms with Crippen LogP contribution < -0.4 is 11.2 Å². The van der Waals surface area contributed by atoms with Crippen LogP contribution >= 0.6 is 7.82 Å². The summed E-state index contributed by atoms with van der Waals surface area (Å²) in [5.41, 5.74) is -2.13. The quantitative estimate of drug-likeness (QED) is 0.639. The predicted molar refractivity (Wildman–Crippen MR) is 101 cm³/mol. The summed E-state index contributed by atoms with van der Waals surface area (Å²) in [6, 6.07) is 1.18. The first kappa shape index (κ1) is 23.0. The summed E-state index contributed by atoms with van der Waals surface area (Å²) >= 11 is 0. The number of hydrogen-bond acceptors (Lipinski definition) is 7. The summed E-state index contributed by atoms with van der Waals surface area (Å²) in [6.07, 6.45) is -1.63. The van der Waals surface area contributed by atoms with Gasteiger partial charge in [-0.25, -0.2) is 9.36 Å². The Morgan fingerprint density at radius 3 is 2.46 bits per heavy atom. The molecule has 2 heterocycles. The lowest BCUT2D eigenvalue weighted by Crippen LogP contribution is -2.39. The fourth-order valence-electron chi connectivity index (χ4n) is 3.11. The average molecular weight is 420 g/mol. The number of H-pyrrole nitrogens is 1. The number of nitrogens with one attached hydrogen (secondary N) is 1. The van der Waals surface area contributed by atoms with Crippen LogP contribution in [0.25, 0.3) is 0 Å². The lowest BCUT2D eigenvalue weighted by molar-refractivity contribution is -0.0566. The molecule has 0 saturated carbocycles. The van der Waals surface area contributed by atoms with Gasteiger partial charge in [-0.1, -0.05) is 13.8 Å². The molecule has 160 valence electrons. The lowest BCUT2D eigenvalue weighted by atomic mass is 10.0. The molecule has 2 rings (SSSR count). The normalized spacial score (nSPS) is 27.9. The highest BCUT2D eigenvalue weighted by atomic mass is 31.2. The maximum absolute atomic E-state index is 12.5. The van der Waals surface area contributed by atoms with E-state index < -0.39 is 49.2 Å². The first-order valence-corrected chi connectivity index (χ1v) is 10.5. The molecule has 1 saturated heterocycles. The zero-order valence-electron chi connectivity index (χ0n) is 16.9. The number of aromatic amines is 1. The number of rotatable bonds is 7. The van der Waals surface area contributed by atoms with E-state index in [9.17, 15) is 19.0 Å². The molecule has 0 amide bonds. The number of nitrogens with zero attached hydrogens (tertiary/aromatic N) is 1. The smallest absolute Gasteiger partial charge is 0.374 e. The van der Waals surface area contributed by atoms with E-state index in [1.165, 1.54) is 23.9 Å². The van der Waals surface area contributed by atoms with E-state index in [0.717, 1.165) is 0 Å². The van der Waals surface area contributed by atoms with Gasteiger partial charge in [-0.15, -0.1) is 0 Å². The van der Waals surface area contributed by atoms with Crippen molar-refractivity contribution in [1.82, 2.24) is 9.55 Å². The highest BCUT2D eigenvalue weighted by Crippen LogP contribution is 2.51. The Bertz CT molecular complexity index is 827. The van der Waals surface area contributed by atoms with E-state index in [1.807, 2.05) is 13.8 Å². The van der Waals surface area contributed by atoms with Crippen LogP contribution in [0.3, 0.4) is 0 Å². The molecular weight excluding hydrogens is 391 g/mol. The number of methoxy groups -OCH3 is 1. The van der Waals surface area contributed by atoms with Crippen LogP contribution in [-0.2, 0) is 23.1 Å². The molecule has 1 aromatic heterocycles. The molecule has 0 radical (unpaired) electrons. The Morgan fingerprint density at radius 2 is 1.96 bits per heavy atom. The van der Waals surface area contributed by atoms with Crippen molar-refractivity contribution in [2.75, 3.05) is 7.11 Å². The van der Waals surface area contributed by atoms with Crippen LogP contribution in [0.1, 0.15) is 47.3 Å². The van der Waals surface area contributed by atoms with E-state index in [0.29, 0.717) is 6.42 Å². The lowest BCUT2D eigenvalue weighted by Gasteiger charge is -2.29. The third-order valence-electron chi connectivity index (χ3n) is 4.03. The van der Waals surface area contributed by atoms with Crippen LogP contribution in [0.5, 0.6) is 0 Å². The van der Waals surface area contributed by atoms with E-state index in [-0.39, 0.29) is 5.92 Å². The second kappa shape index (κ2) is 8.61. The molecule has 28 heavy (non-hydrogen) atoms. The monoisotopic (exact) mass is 420 g/mol. The number of hydrogen-bond donors (Lipinski definition) is 2. The van der Waals surface area contributed by atoms with Gasteiger partial charge in [0, 0.05) is 19.4 Å². The fraction of sp³-hybridized carbons (Fsp3) is 0.765. The maximum atomic E-state index is 12.5. The Labute approximate surface area is 163 Å². The molecule has 1 aliphatic rings. The Kier molecular flexibility index (Phi) is 7.07. The van der Waals surface area contributed by atoms with Crippen LogP contribution in [-0.4, -0.2) is 45.5 Å². The minimum absolute atomic E-state index is 0.182. The molecule has 0 bridgehead atoms. The molecule has 0 aliphatic carbocycles. The average Bonchev–Trinajstić information content (AvgIpc) is 2.80. The molecule has 11 heteroatoms. The summed E-state index contributed by atoms with van der Waals surface area (Å²) in [7, 11) is -3.05. The second-order valence-electron chi connectivity index (χ2n) is 8.15. The van der Waals surface area contributed by atoms with Gasteiger partial charge in [0.05, 0.1) is 11.7 Å². The molecule has 0 spiro atoms. The van der Waals surface area contributed by atoms with Gasteiger partial charge in [0.25, 0.3) is 5.56 Å². The molecular formula is C17H29N2O8P. The van der Waals surface area contributed by atoms with Crippen molar-refractivity contribution in [3.8, 4) is 0 Å². The van der Waals surface area contributed by atoms with Crippen molar-refractivity contribution in [1.29, 1.82) is 0 Å². The largest absolute Gasteiger partial charge is 0.473 e. The number of ether oxygens (including phenoxy) is 2.